The van der Waals surface area contributed by atoms with Gasteiger partial charge in [0.15, 0.2) is 0 Å². The zero-order chi connectivity index (χ0) is 13.6. The molecule has 0 aliphatic rings. The van der Waals surface area contributed by atoms with Crippen molar-refractivity contribution < 1.29 is 22.7 Å². The van der Waals surface area contributed by atoms with Gasteiger partial charge in [0, 0.05) is 12.1 Å². The first-order chi connectivity index (χ1) is 8.42. The lowest BCUT2D eigenvalue weighted by Gasteiger charge is -2.13. The van der Waals surface area contributed by atoms with Crippen LogP contribution in [0.3, 0.4) is 0 Å². The van der Waals surface area contributed by atoms with Crippen molar-refractivity contribution in [3.8, 4) is 5.75 Å². The van der Waals surface area contributed by atoms with Crippen molar-refractivity contribution in [2.75, 3.05) is 13.6 Å². The van der Waals surface area contributed by atoms with Crippen molar-refractivity contribution in [3.63, 3.8) is 0 Å². The van der Waals surface area contributed by atoms with E-state index in [1.807, 2.05) is 0 Å². The molecule has 108 valence electrons. The average Bonchev–Trinajstić information content (AvgIpc) is 2.26. The predicted molar refractivity (Wildman–Crippen MR) is 66.1 cm³/mol. The SMILES string of the molecule is CNCC(=O)NCc1ccccc1OC(F)(F)F.Cl. The number of nitrogens with one attached hydrogen (secondary N) is 2. The van der Waals surface area contributed by atoms with Crippen LogP contribution in [0.4, 0.5) is 13.2 Å². The summed E-state index contributed by atoms with van der Waals surface area (Å²) in [6.07, 6.45) is -4.74. The molecule has 0 radical (unpaired) electrons. The van der Waals surface area contributed by atoms with Crippen LogP contribution in [0.15, 0.2) is 24.3 Å². The lowest BCUT2D eigenvalue weighted by Crippen LogP contribution is -2.32. The molecule has 2 N–H and O–H groups in total. The quantitative estimate of drug-likeness (QED) is 0.872. The van der Waals surface area contributed by atoms with Crippen molar-refractivity contribution in [3.05, 3.63) is 29.8 Å². The van der Waals surface area contributed by atoms with Crippen LogP contribution < -0.4 is 15.4 Å². The topological polar surface area (TPSA) is 50.4 Å². The summed E-state index contributed by atoms with van der Waals surface area (Å²) < 4.78 is 40.2. The van der Waals surface area contributed by atoms with Gasteiger partial charge in [-0.15, -0.1) is 25.6 Å². The molecule has 0 aliphatic heterocycles. The fraction of sp³-hybridized carbons (Fsp3) is 0.364. The van der Waals surface area contributed by atoms with Gasteiger partial charge in [-0.3, -0.25) is 4.79 Å². The van der Waals surface area contributed by atoms with Crippen LogP contribution in [-0.2, 0) is 11.3 Å². The van der Waals surface area contributed by atoms with E-state index in [4.69, 9.17) is 0 Å². The van der Waals surface area contributed by atoms with E-state index in [0.29, 0.717) is 0 Å². The number of hydrogen-bond acceptors (Lipinski definition) is 3. The first kappa shape index (κ1) is 17.5. The third-order valence-corrected chi connectivity index (χ3v) is 2.01. The van der Waals surface area contributed by atoms with Gasteiger partial charge in [-0.05, 0) is 13.1 Å². The Balaban J connectivity index is 0.00000324. The van der Waals surface area contributed by atoms with E-state index in [2.05, 4.69) is 15.4 Å². The second kappa shape index (κ2) is 7.85. The molecule has 0 heterocycles. The zero-order valence-electron chi connectivity index (χ0n) is 10.1. The monoisotopic (exact) mass is 298 g/mol. The van der Waals surface area contributed by atoms with Gasteiger partial charge in [-0.2, -0.15) is 0 Å². The highest BCUT2D eigenvalue weighted by Gasteiger charge is 2.31. The van der Waals surface area contributed by atoms with Crippen molar-refractivity contribution in [1.82, 2.24) is 10.6 Å². The standard InChI is InChI=1S/C11H13F3N2O2.ClH/c1-15-7-10(17)16-6-8-4-2-3-5-9(8)18-11(12,13)14;/h2-5,15H,6-7H2,1H3,(H,16,17);1H. The molecular formula is C11H14ClF3N2O2. The Morgan fingerprint density at radius 1 is 1.32 bits per heavy atom. The first-order valence-corrected chi connectivity index (χ1v) is 5.17. The summed E-state index contributed by atoms with van der Waals surface area (Å²) in [6.45, 7) is 0.0784. The summed E-state index contributed by atoms with van der Waals surface area (Å²) in [5.41, 5.74) is 0.263. The van der Waals surface area contributed by atoms with Crippen LogP contribution in [0.25, 0.3) is 0 Å². The minimum atomic E-state index is -4.74. The van der Waals surface area contributed by atoms with E-state index in [1.54, 1.807) is 13.1 Å². The van der Waals surface area contributed by atoms with E-state index < -0.39 is 6.36 Å². The third-order valence-electron chi connectivity index (χ3n) is 2.01. The minimum Gasteiger partial charge on any atom is -0.405 e. The second-order valence-electron chi connectivity index (χ2n) is 3.46. The van der Waals surface area contributed by atoms with Crippen molar-refractivity contribution in [2.24, 2.45) is 0 Å². The summed E-state index contributed by atoms with van der Waals surface area (Å²) >= 11 is 0. The van der Waals surface area contributed by atoms with E-state index in [9.17, 15) is 18.0 Å². The highest BCUT2D eigenvalue weighted by molar-refractivity contribution is 5.85. The molecule has 0 saturated heterocycles. The summed E-state index contributed by atoms with van der Waals surface area (Å²) in [4.78, 5) is 11.2. The summed E-state index contributed by atoms with van der Waals surface area (Å²) in [5, 5.41) is 5.11. The van der Waals surface area contributed by atoms with Crippen LogP contribution in [0.5, 0.6) is 5.75 Å². The molecule has 1 amide bonds. The van der Waals surface area contributed by atoms with Crippen LogP contribution >= 0.6 is 12.4 Å². The molecule has 1 rings (SSSR count). The Kier molecular flexibility index (Phi) is 7.25. The largest absolute Gasteiger partial charge is 0.573 e. The highest BCUT2D eigenvalue weighted by atomic mass is 35.5. The van der Waals surface area contributed by atoms with Gasteiger partial charge in [0.25, 0.3) is 0 Å². The number of benzene rings is 1. The van der Waals surface area contributed by atoms with Crippen molar-refractivity contribution >= 4 is 18.3 Å². The van der Waals surface area contributed by atoms with E-state index in [0.717, 1.165) is 0 Å². The van der Waals surface area contributed by atoms with Crippen LogP contribution in [0, 0.1) is 0 Å². The first-order valence-electron chi connectivity index (χ1n) is 5.17. The molecule has 0 bridgehead atoms. The van der Waals surface area contributed by atoms with Gasteiger partial charge < -0.3 is 15.4 Å². The molecule has 0 spiro atoms. The molecule has 0 aliphatic carbocycles. The molecule has 0 unspecified atom stereocenters. The van der Waals surface area contributed by atoms with Gasteiger partial charge in [0.2, 0.25) is 5.91 Å². The molecule has 1 aromatic rings. The lowest BCUT2D eigenvalue weighted by atomic mass is 10.2. The molecule has 0 saturated carbocycles. The molecule has 0 atom stereocenters. The number of para-hydroxylation sites is 1. The Bertz CT molecular complexity index is 413. The summed E-state index contributed by atoms with van der Waals surface area (Å²) in [5.74, 6) is -0.617. The van der Waals surface area contributed by atoms with Gasteiger partial charge in [-0.25, -0.2) is 0 Å². The molecule has 0 fully saturated rings. The molecule has 4 nitrogen and oxygen atoms in total. The van der Waals surface area contributed by atoms with E-state index in [1.165, 1.54) is 18.2 Å². The van der Waals surface area contributed by atoms with E-state index >= 15 is 0 Å². The summed E-state index contributed by atoms with van der Waals surface area (Å²) in [6, 6.07) is 5.66. The summed E-state index contributed by atoms with van der Waals surface area (Å²) in [7, 11) is 1.60. The normalized spacial score (nSPS) is 10.5. The Morgan fingerprint density at radius 2 is 1.95 bits per heavy atom. The second-order valence-corrected chi connectivity index (χ2v) is 3.46. The lowest BCUT2D eigenvalue weighted by molar-refractivity contribution is -0.274. The Morgan fingerprint density at radius 3 is 2.53 bits per heavy atom. The minimum absolute atomic E-state index is 0. The number of carbonyl (C=O) groups excluding carboxylic acids is 1. The van der Waals surface area contributed by atoms with Crippen LogP contribution in [-0.4, -0.2) is 25.9 Å². The fourth-order valence-electron chi connectivity index (χ4n) is 1.29. The number of carbonyl (C=O) groups is 1. The molecule has 19 heavy (non-hydrogen) atoms. The molecule has 1 aromatic carbocycles. The fourth-order valence-corrected chi connectivity index (χ4v) is 1.29. The maximum Gasteiger partial charge on any atom is 0.573 e. The van der Waals surface area contributed by atoms with Gasteiger partial charge in [0.1, 0.15) is 5.75 Å². The Labute approximate surface area is 114 Å². The maximum atomic E-state index is 12.1. The molecular weight excluding hydrogens is 285 g/mol. The number of ether oxygens (including phenoxy) is 1. The number of hydrogen-bond donors (Lipinski definition) is 2. The number of rotatable bonds is 5. The van der Waals surface area contributed by atoms with Crippen molar-refractivity contribution in [2.45, 2.75) is 12.9 Å². The number of alkyl halides is 3. The Hall–Kier alpha value is -1.47. The smallest absolute Gasteiger partial charge is 0.405 e. The van der Waals surface area contributed by atoms with Gasteiger partial charge in [-0.1, -0.05) is 18.2 Å². The number of likely N-dealkylation sites (N-methyl/N-ethyl adjacent to an activating group) is 1. The average molecular weight is 299 g/mol. The third kappa shape index (κ3) is 6.88. The maximum absolute atomic E-state index is 12.1. The van der Waals surface area contributed by atoms with Crippen LogP contribution in [0.2, 0.25) is 0 Å². The molecule has 8 heteroatoms. The highest BCUT2D eigenvalue weighted by Crippen LogP contribution is 2.25. The zero-order valence-corrected chi connectivity index (χ0v) is 10.9. The number of halogens is 4. The number of amides is 1. The molecule has 0 aromatic heterocycles. The predicted octanol–water partition coefficient (Wildman–Crippen LogP) is 1.84. The van der Waals surface area contributed by atoms with Gasteiger partial charge >= 0.3 is 6.36 Å². The van der Waals surface area contributed by atoms with E-state index in [-0.39, 0.29) is 42.7 Å². The van der Waals surface area contributed by atoms with Gasteiger partial charge in [0.05, 0.1) is 6.54 Å². The van der Waals surface area contributed by atoms with Crippen molar-refractivity contribution in [1.29, 1.82) is 0 Å². The van der Waals surface area contributed by atoms with Crippen LogP contribution in [0.1, 0.15) is 5.56 Å².